The van der Waals surface area contributed by atoms with E-state index in [1.165, 1.54) is 18.9 Å². The van der Waals surface area contributed by atoms with Crippen LogP contribution in [0.1, 0.15) is 36.9 Å². The zero-order valence-corrected chi connectivity index (χ0v) is 11.0. The summed E-state index contributed by atoms with van der Waals surface area (Å²) < 4.78 is 15.2. The lowest BCUT2D eigenvalue weighted by Gasteiger charge is -2.12. The Bertz CT molecular complexity index is 585. The van der Waals surface area contributed by atoms with Gasteiger partial charge in [-0.25, -0.2) is 9.07 Å². The van der Waals surface area contributed by atoms with Gasteiger partial charge in [0.05, 0.1) is 11.4 Å². The number of halogens is 1. The number of hydrogen-bond acceptors (Lipinski definition) is 2. The molecule has 1 aromatic carbocycles. The lowest BCUT2D eigenvalue weighted by atomic mass is 10.1. The molecular weight excluding hydrogens is 241 g/mol. The highest BCUT2D eigenvalue weighted by Crippen LogP contribution is 2.39. The summed E-state index contributed by atoms with van der Waals surface area (Å²) in [7, 11) is 0. The molecule has 1 aliphatic carbocycles. The predicted octanol–water partition coefficient (Wildman–Crippen LogP) is 2.78. The molecule has 0 radical (unpaired) electrons. The largest absolute Gasteiger partial charge is 0.328 e. The smallest absolute Gasteiger partial charge is 0.123 e. The minimum absolute atomic E-state index is 0.000912. The van der Waals surface area contributed by atoms with E-state index in [9.17, 15) is 4.39 Å². The minimum Gasteiger partial charge on any atom is -0.328 e. The van der Waals surface area contributed by atoms with Gasteiger partial charge in [0.15, 0.2) is 0 Å². The monoisotopic (exact) mass is 259 g/mol. The van der Waals surface area contributed by atoms with Crippen LogP contribution >= 0.6 is 0 Å². The van der Waals surface area contributed by atoms with Crippen LogP contribution in [0.15, 0.2) is 30.5 Å². The number of aromatic nitrogens is 2. The molecule has 1 saturated carbocycles. The van der Waals surface area contributed by atoms with Crippen molar-refractivity contribution in [3.8, 4) is 5.69 Å². The molecule has 2 N–H and O–H groups in total. The Morgan fingerprint density at radius 3 is 2.89 bits per heavy atom. The van der Waals surface area contributed by atoms with E-state index in [2.05, 4.69) is 11.2 Å². The molecule has 1 aromatic heterocycles. The maximum absolute atomic E-state index is 13.4. The molecule has 1 aliphatic rings. The average Bonchev–Trinajstić information content (AvgIpc) is 3.08. The summed E-state index contributed by atoms with van der Waals surface area (Å²) in [5, 5.41) is 4.59. The molecule has 0 spiro atoms. The summed E-state index contributed by atoms with van der Waals surface area (Å²) in [6.45, 7) is 1.92. The van der Waals surface area contributed by atoms with Crippen LogP contribution in [0.2, 0.25) is 0 Å². The molecular formula is C15H18FN3. The van der Waals surface area contributed by atoms with Crippen LogP contribution in [0.3, 0.4) is 0 Å². The Morgan fingerprint density at radius 2 is 2.21 bits per heavy atom. The van der Waals surface area contributed by atoms with Crippen LogP contribution in [0, 0.1) is 5.82 Å². The summed E-state index contributed by atoms with van der Waals surface area (Å²) in [6.07, 6.45) is 5.05. The van der Waals surface area contributed by atoms with Crippen LogP contribution in [0.5, 0.6) is 0 Å². The van der Waals surface area contributed by atoms with Gasteiger partial charge in [0.1, 0.15) is 5.82 Å². The second-order valence-electron chi connectivity index (χ2n) is 5.41. The van der Waals surface area contributed by atoms with Gasteiger partial charge < -0.3 is 5.73 Å². The van der Waals surface area contributed by atoms with Gasteiger partial charge in [-0.2, -0.15) is 5.10 Å². The van der Waals surface area contributed by atoms with Crippen LogP contribution < -0.4 is 5.73 Å². The Balaban J connectivity index is 1.97. The predicted molar refractivity (Wildman–Crippen MR) is 72.9 cm³/mol. The van der Waals surface area contributed by atoms with Crippen LogP contribution in [-0.4, -0.2) is 15.8 Å². The Kier molecular flexibility index (Phi) is 3.11. The van der Waals surface area contributed by atoms with Gasteiger partial charge in [-0.15, -0.1) is 0 Å². The van der Waals surface area contributed by atoms with E-state index in [0.29, 0.717) is 12.3 Å². The number of rotatable bonds is 4. The van der Waals surface area contributed by atoms with E-state index in [1.54, 1.807) is 12.1 Å². The Morgan fingerprint density at radius 1 is 1.42 bits per heavy atom. The summed E-state index contributed by atoms with van der Waals surface area (Å²) in [4.78, 5) is 0. The van der Waals surface area contributed by atoms with Crippen LogP contribution in [0.4, 0.5) is 4.39 Å². The first-order valence-electron chi connectivity index (χ1n) is 6.73. The summed E-state index contributed by atoms with van der Waals surface area (Å²) in [5.41, 5.74) is 8.79. The molecule has 0 aliphatic heterocycles. The molecule has 19 heavy (non-hydrogen) atoms. The first-order chi connectivity index (χ1) is 9.13. The van der Waals surface area contributed by atoms with Gasteiger partial charge in [0, 0.05) is 18.2 Å². The number of benzene rings is 1. The summed E-state index contributed by atoms with van der Waals surface area (Å²) in [6, 6.07) is 6.85. The minimum atomic E-state index is -0.228. The standard InChI is InChI=1S/C15H18FN3/c1-10(17)8-12-9-13(16)4-5-15(12)19-7-6-14(18-19)11-2-3-11/h4-7,9-11H,2-3,8,17H2,1H3. The van der Waals surface area contributed by atoms with Crippen molar-refractivity contribution >= 4 is 0 Å². The molecule has 1 atom stereocenters. The summed E-state index contributed by atoms with van der Waals surface area (Å²) >= 11 is 0. The normalized spacial score (nSPS) is 16.6. The molecule has 0 bridgehead atoms. The van der Waals surface area contributed by atoms with Gasteiger partial charge in [-0.1, -0.05) is 0 Å². The van der Waals surface area contributed by atoms with Crippen LogP contribution in [0.25, 0.3) is 5.69 Å². The van der Waals surface area contributed by atoms with E-state index in [1.807, 2.05) is 17.8 Å². The first-order valence-corrected chi connectivity index (χ1v) is 6.73. The van der Waals surface area contributed by atoms with Crippen molar-refractivity contribution in [1.82, 2.24) is 9.78 Å². The quantitative estimate of drug-likeness (QED) is 0.917. The van der Waals surface area contributed by atoms with E-state index >= 15 is 0 Å². The lowest BCUT2D eigenvalue weighted by molar-refractivity contribution is 0.620. The maximum Gasteiger partial charge on any atom is 0.123 e. The SMILES string of the molecule is CC(N)Cc1cc(F)ccc1-n1ccc(C2CC2)n1. The molecule has 3 nitrogen and oxygen atoms in total. The number of nitrogens with zero attached hydrogens (tertiary/aromatic N) is 2. The molecule has 3 rings (SSSR count). The van der Waals surface area contributed by atoms with Crippen molar-refractivity contribution in [2.45, 2.75) is 38.1 Å². The fourth-order valence-corrected chi connectivity index (χ4v) is 2.36. The van der Waals surface area contributed by atoms with Gasteiger partial charge in [0.2, 0.25) is 0 Å². The molecule has 0 saturated heterocycles. The average molecular weight is 259 g/mol. The van der Waals surface area contributed by atoms with Crippen LogP contribution in [-0.2, 0) is 6.42 Å². The number of hydrogen-bond donors (Lipinski definition) is 1. The van der Waals surface area contributed by atoms with E-state index in [4.69, 9.17) is 5.73 Å². The zero-order valence-electron chi connectivity index (χ0n) is 11.0. The lowest BCUT2D eigenvalue weighted by Crippen LogP contribution is -2.19. The third kappa shape index (κ3) is 2.68. The second kappa shape index (κ2) is 4.78. The number of nitrogens with two attached hydrogens (primary N) is 1. The molecule has 4 heteroatoms. The molecule has 1 fully saturated rings. The van der Waals surface area contributed by atoms with Gasteiger partial charge >= 0.3 is 0 Å². The fraction of sp³-hybridized carbons (Fsp3) is 0.400. The Hall–Kier alpha value is -1.68. The van der Waals surface area contributed by atoms with E-state index < -0.39 is 0 Å². The second-order valence-corrected chi connectivity index (χ2v) is 5.41. The molecule has 0 amide bonds. The fourth-order valence-electron chi connectivity index (χ4n) is 2.36. The van der Waals surface area contributed by atoms with Crippen molar-refractivity contribution in [2.24, 2.45) is 5.73 Å². The summed E-state index contributed by atoms with van der Waals surface area (Å²) in [5.74, 6) is 0.396. The van der Waals surface area contributed by atoms with Crippen molar-refractivity contribution < 1.29 is 4.39 Å². The highest BCUT2D eigenvalue weighted by molar-refractivity contribution is 5.41. The molecule has 2 aromatic rings. The molecule has 100 valence electrons. The highest BCUT2D eigenvalue weighted by atomic mass is 19.1. The highest BCUT2D eigenvalue weighted by Gasteiger charge is 2.26. The Labute approximate surface area is 112 Å². The van der Waals surface area contributed by atoms with E-state index in [-0.39, 0.29) is 11.9 Å². The zero-order chi connectivity index (χ0) is 13.4. The van der Waals surface area contributed by atoms with Crippen molar-refractivity contribution in [1.29, 1.82) is 0 Å². The van der Waals surface area contributed by atoms with E-state index in [0.717, 1.165) is 16.9 Å². The molecule has 1 heterocycles. The van der Waals surface area contributed by atoms with Crippen molar-refractivity contribution in [3.05, 3.63) is 47.5 Å². The third-order valence-corrected chi connectivity index (χ3v) is 3.44. The van der Waals surface area contributed by atoms with Gasteiger partial charge in [-0.05, 0) is 56.0 Å². The van der Waals surface area contributed by atoms with Crippen molar-refractivity contribution in [3.63, 3.8) is 0 Å². The molecule has 1 unspecified atom stereocenters. The topological polar surface area (TPSA) is 43.8 Å². The maximum atomic E-state index is 13.4. The first kappa shape index (κ1) is 12.4. The van der Waals surface area contributed by atoms with Gasteiger partial charge in [-0.3, -0.25) is 0 Å². The van der Waals surface area contributed by atoms with Gasteiger partial charge in [0.25, 0.3) is 0 Å². The van der Waals surface area contributed by atoms with Crippen molar-refractivity contribution in [2.75, 3.05) is 0 Å². The third-order valence-electron chi connectivity index (χ3n) is 3.44.